The fraction of sp³-hybridized carbons (Fsp3) is 0.385. The monoisotopic (exact) mass is 310 g/mol. The third kappa shape index (κ3) is 2.68. The smallest absolute Gasteiger partial charge is 0.207 e. The van der Waals surface area contributed by atoms with Gasteiger partial charge in [-0.1, -0.05) is 12.1 Å². The Morgan fingerprint density at radius 1 is 1.43 bits per heavy atom. The van der Waals surface area contributed by atoms with E-state index in [1.807, 2.05) is 6.92 Å². The zero-order valence-corrected chi connectivity index (χ0v) is 12.3. The molecule has 0 bridgehead atoms. The Bertz CT molecular complexity index is 768. The molecule has 3 rings (SSSR count). The summed E-state index contributed by atoms with van der Waals surface area (Å²) in [6.45, 7) is 2.31. The molecule has 0 saturated heterocycles. The van der Waals surface area contributed by atoms with Crippen molar-refractivity contribution >= 4 is 10.0 Å². The highest BCUT2D eigenvalue weighted by atomic mass is 32.2. The molecule has 1 saturated carbocycles. The van der Waals surface area contributed by atoms with Gasteiger partial charge in [-0.25, -0.2) is 12.8 Å². The predicted molar refractivity (Wildman–Crippen MR) is 73.3 cm³/mol. The maximum atomic E-state index is 13.3. The first-order valence-electron chi connectivity index (χ1n) is 6.65. The van der Waals surface area contributed by atoms with Gasteiger partial charge in [-0.3, -0.25) is 0 Å². The number of rotatable bonds is 5. The maximum absolute atomic E-state index is 13.3. The van der Waals surface area contributed by atoms with Crippen molar-refractivity contribution in [3.63, 3.8) is 0 Å². The number of nitrogens with one attached hydrogen (secondary N) is 1. The molecule has 112 valence electrons. The summed E-state index contributed by atoms with van der Waals surface area (Å²) in [5.41, 5.74) is -0.0920. The fourth-order valence-corrected chi connectivity index (χ4v) is 3.56. The summed E-state index contributed by atoms with van der Waals surface area (Å²) in [6, 6.07) is 5.99. The molecule has 0 spiro atoms. The summed E-state index contributed by atoms with van der Waals surface area (Å²) < 4.78 is 40.7. The van der Waals surface area contributed by atoms with E-state index in [2.05, 4.69) is 14.9 Å². The Morgan fingerprint density at radius 3 is 2.76 bits per heavy atom. The lowest BCUT2D eigenvalue weighted by Crippen LogP contribution is -2.35. The molecule has 21 heavy (non-hydrogen) atoms. The molecular formula is C13H15FN4O2S. The van der Waals surface area contributed by atoms with Crippen LogP contribution in [0.3, 0.4) is 0 Å². The van der Waals surface area contributed by atoms with Gasteiger partial charge in [-0.15, -0.1) is 5.10 Å². The zero-order chi connectivity index (χ0) is 15.1. The third-order valence-electron chi connectivity index (χ3n) is 3.53. The number of hydrogen-bond donors (Lipinski definition) is 1. The van der Waals surface area contributed by atoms with Gasteiger partial charge in [0.15, 0.2) is 0 Å². The van der Waals surface area contributed by atoms with E-state index >= 15 is 0 Å². The minimum atomic E-state index is -3.77. The van der Waals surface area contributed by atoms with Crippen LogP contribution >= 0.6 is 0 Å². The molecule has 2 aromatic rings. The van der Waals surface area contributed by atoms with E-state index in [-0.39, 0.29) is 10.8 Å². The Hall–Kier alpha value is -1.80. The van der Waals surface area contributed by atoms with E-state index in [4.69, 9.17) is 0 Å². The number of benzene rings is 1. The Balaban J connectivity index is 1.88. The van der Waals surface area contributed by atoms with Crippen LogP contribution in [0.15, 0.2) is 35.5 Å². The van der Waals surface area contributed by atoms with Gasteiger partial charge in [0.25, 0.3) is 10.0 Å². The minimum absolute atomic E-state index is 0.118. The fourth-order valence-electron chi connectivity index (χ4n) is 2.23. The van der Waals surface area contributed by atoms with Crippen molar-refractivity contribution in [2.45, 2.75) is 36.9 Å². The molecule has 0 unspecified atom stereocenters. The average molecular weight is 310 g/mol. The van der Waals surface area contributed by atoms with Crippen LogP contribution in [0.25, 0.3) is 0 Å². The van der Waals surface area contributed by atoms with Crippen molar-refractivity contribution in [3.05, 3.63) is 41.8 Å². The van der Waals surface area contributed by atoms with Crippen molar-refractivity contribution in [1.82, 2.24) is 19.7 Å². The van der Waals surface area contributed by atoms with Crippen molar-refractivity contribution < 1.29 is 12.8 Å². The summed E-state index contributed by atoms with van der Waals surface area (Å²) in [5, 5.41) is 7.65. The summed E-state index contributed by atoms with van der Waals surface area (Å²) >= 11 is 0. The highest BCUT2D eigenvalue weighted by Crippen LogP contribution is 2.46. The van der Waals surface area contributed by atoms with Gasteiger partial charge in [0.2, 0.25) is 5.03 Å². The molecule has 1 heterocycles. The van der Waals surface area contributed by atoms with Crippen molar-refractivity contribution in [2.75, 3.05) is 0 Å². The second-order valence-electron chi connectivity index (χ2n) is 5.07. The topological polar surface area (TPSA) is 76.9 Å². The van der Waals surface area contributed by atoms with E-state index in [0.717, 1.165) is 0 Å². The van der Waals surface area contributed by atoms with Crippen LogP contribution in [0, 0.1) is 5.82 Å². The maximum Gasteiger partial charge on any atom is 0.262 e. The van der Waals surface area contributed by atoms with Gasteiger partial charge in [0.05, 0.1) is 18.3 Å². The Labute approximate surface area is 122 Å². The zero-order valence-electron chi connectivity index (χ0n) is 11.5. The third-order valence-corrected chi connectivity index (χ3v) is 4.93. The second kappa shape index (κ2) is 4.88. The van der Waals surface area contributed by atoms with Crippen LogP contribution in [-0.4, -0.2) is 23.4 Å². The molecule has 0 amide bonds. The molecule has 0 atom stereocenters. The van der Waals surface area contributed by atoms with Gasteiger partial charge in [-0.2, -0.15) is 14.6 Å². The Kier molecular flexibility index (Phi) is 3.29. The summed E-state index contributed by atoms with van der Waals surface area (Å²) in [7, 11) is -3.77. The first kappa shape index (κ1) is 14.2. The highest BCUT2D eigenvalue weighted by molar-refractivity contribution is 7.89. The van der Waals surface area contributed by atoms with Crippen LogP contribution in [0.5, 0.6) is 0 Å². The summed E-state index contributed by atoms with van der Waals surface area (Å²) in [6.07, 6.45) is 2.49. The normalized spacial score (nSPS) is 16.9. The van der Waals surface area contributed by atoms with Crippen LogP contribution in [0.1, 0.15) is 25.3 Å². The van der Waals surface area contributed by atoms with Crippen molar-refractivity contribution in [2.24, 2.45) is 0 Å². The van der Waals surface area contributed by atoms with Gasteiger partial charge in [-0.05, 0) is 37.5 Å². The number of aromatic nitrogens is 3. The lowest BCUT2D eigenvalue weighted by atomic mass is 10.1. The molecular weight excluding hydrogens is 295 g/mol. The van der Waals surface area contributed by atoms with Gasteiger partial charge >= 0.3 is 0 Å². The first-order chi connectivity index (χ1) is 9.95. The molecule has 0 radical (unpaired) electrons. The van der Waals surface area contributed by atoms with Crippen molar-refractivity contribution in [1.29, 1.82) is 0 Å². The lowest BCUT2D eigenvalue weighted by Gasteiger charge is -2.17. The van der Waals surface area contributed by atoms with E-state index in [1.165, 1.54) is 23.1 Å². The number of halogens is 1. The molecule has 1 aromatic carbocycles. The van der Waals surface area contributed by atoms with Gasteiger partial charge < -0.3 is 0 Å². The van der Waals surface area contributed by atoms with Crippen LogP contribution < -0.4 is 4.72 Å². The van der Waals surface area contributed by atoms with Crippen LogP contribution in [-0.2, 0) is 22.1 Å². The molecule has 8 heteroatoms. The number of nitrogens with zero attached hydrogens (tertiary/aromatic N) is 3. The number of hydrogen-bond acceptors (Lipinski definition) is 4. The van der Waals surface area contributed by atoms with E-state index < -0.39 is 15.6 Å². The second-order valence-corrected chi connectivity index (χ2v) is 6.70. The average Bonchev–Trinajstić information content (AvgIpc) is 3.04. The number of sulfonamides is 1. The van der Waals surface area contributed by atoms with Crippen LogP contribution in [0.2, 0.25) is 0 Å². The molecule has 1 aliphatic rings. The molecule has 1 aromatic heterocycles. The molecule has 6 nitrogen and oxygen atoms in total. The molecule has 1 N–H and O–H groups in total. The highest BCUT2D eigenvalue weighted by Gasteiger charge is 2.48. The van der Waals surface area contributed by atoms with Crippen LogP contribution in [0.4, 0.5) is 4.39 Å². The van der Waals surface area contributed by atoms with Gasteiger partial charge in [0, 0.05) is 0 Å². The standard InChI is InChI=1S/C13H15FN4O2S/c1-2-18-15-9-12(16-18)21(19,20)17-13(6-7-13)10-4-3-5-11(14)8-10/h3-5,8-9,17H,2,6-7H2,1H3. The van der Waals surface area contributed by atoms with E-state index in [0.29, 0.717) is 24.9 Å². The molecule has 1 aliphatic carbocycles. The Morgan fingerprint density at radius 2 is 2.19 bits per heavy atom. The van der Waals surface area contributed by atoms with Crippen molar-refractivity contribution in [3.8, 4) is 0 Å². The largest absolute Gasteiger partial charge is 0.262 e. The summed E-state index contributed by atoms with van der Waals surface area (Å²) in [4.78, 5) is 1.30. The summed E-state index contributed by atoms with van der Waals surface area (Å²) in [5.74, 6) is -0.380. The molecule has 1 fully saturated rings. The molecule has 0 aliphatic heterocycles. The lowest BCUT2D eigenvalue weighted by molar-refractivity contribution is 0.530. The first-order valence-corrected chi connectivity index (χ1v) is 8.14. The SMILES string of the molecule is CCn1ncc(S(=O)(=O)NC2(c3cccc(F)c3)CC2)n1. The minimum Gasteiger partial charge on any atom is -0.207 e. The quantitative estimate of drug-likeness (QED) is 0.906. The predicted octanol–water partition coefficient (Wildman–Crippen LogP) is 1.40. The van der Waals surface area contributed by atoms with Gasteiger partial charge in [0.1, 0.15) is 5.82 Å². The van der Waals surface area contributed by atoms with E-state index in [1.54, 1.807) is 12.1 Å². The van der Waals surface area contributed by atoms with E-state index in [9.17, 15) is 12.8 Å². The number of aryl methyl sites for hydroxylation is 1.